The molecule has 1 heterocycles. The van der Waals surface area contributed by atoms with Gasteiger partial charge in [0.25, 0.3) is 0 Å². The average molecular weight is 211 g/mol. The number of hydrogen-bond donors (Lipinski definition) is 1. The van der Waals surface area contributed by atoms with Crippen molar-refractivity contribution in [2.75, 3.05) is 19.8 Å². The van der Waals surface area contributed by atoms with Gasteiger partial charge in [-0.05, 0) is 44.1 Å². The van der Waals surface area contributed by atoms with E-state index in [4.69, 9.17) is 4.74 Å². The first-order valence-corrected chi connectivity index (χ1v) is 6.65. The summed E-state index contributed by atoms with van der Waals surface area (Å²) >= 11 is 0. The molecule has 1 aliphatic heterocycles. The molecule has 0 aromatic rings. The largest absolute Gasteiger partial charge is 0.381 e. The van der Waals surface area contributed by atoms with Gasteiger partial charge >= 0.3 is 0 Å². The molecule has 0 aromatic carbocycles. The van der Waals surface area contributed by atoms with E-state index < -0.39 is 0 Å². The Morgan fingerprint density at radius 2 is 1.67 bits per heavy atom. The van der Waals surface area contributed by atoms with Gasteiger partial charge in [-0.3, -0.25) is 0 Å². The van der Waals surface area contributed by atoms with E-state index in [-0.39, 0.29) is 0 Å². The fourth-order valence-electron chi connectivity index (χ4n) is 2.77. The first-order valence-electron chi connectivity index (χ1n) is 6.65. The van der Waals surface area contributed by atoms with Gasteiger partial charge in [-0.2, -0.15) is 0 Å². The van der Waals surface area contributed by atoms with Crippen molar-refractivity contribution in [2.24, 2.45) is 11.8 Å². The third-order valence-electron chi connectivity index (χ3n) is 4.05. The first-order chi connectivity index (χ1) is 7.34. The second-order valence-electron chi connectivity index (χ2n) is 5.42. The van der Waals surface area contributed by atoms with Crippen LogP contribution in [0.15, 0.2) is 0 Å². The van der Waals surface area contributed by atoms with Crippen molar-refractivity contribution in [1.82, 2.24) is 5.32 Å². The third-order valence-corrected chi connectivity index (χ3v) is 4.05. The lowest BCUT2D eigenvalue weighted by Crippen LogP contribution is -2.38. The molecule has 0 atom stereocenters. The van der Waals surface area contributed by atoms with Crippen LogP contribution in [0, 0.1) is 11.8 Å². The van der Waals surface area contributed by atoms with E-state index in [0.717, 1.165) is 31.1 Å². The summed E-state index contributed by atoms with van der Waals surface area (Å²) in [5.41, 5.74) is 0. The van der Waals surface area contributed by atoms with Crippen LogP contribution in [0.3, 0.4) is 0 Å². The van der Waals surface area contributed by atoms with Crippen molar-refractivity contribution in [3.05, 3.63) is 0 Å². The maximum Gasteiger partial charge on any atom is 0.0480 e. The van der Waals surface area contributed by atoms with Crippen LogP contribution < -0.4 is 5.32 Å². The normalized spacial score (nSPS) is 34.2. The number of hydrogen-bond acceptors (Lipinski definition) is 2. The lowest BCUT2D eigenvalue weighted by Gasteiger charge is -2.29. The Labute approximate surface area is 93.8 Å². The van der Waals surface area contributed by atoms with Gasteiger partial charge in [0.15, 0.2) is 0 Å². The van der Waals surface area contributed by atoms with Crippen molar-refractivity contribution < 1.29 is 4.74 Å². The topological polar surface area (TPSA) is 21.3 Å². The summed E-state index contributed by atoms with van der Waals surface area (Å²) in [6.07, 6.45) is 8.20. The highest BCUT2D eigenvalue weighted by atomic mass is 16.5. The zero-order valence-corrected chi connectivity index (χ0v) is 10.0. The highest BCUT2D eigenvalue weighted by Gasteiger charge is 2.20. The van der Waals surface area contributed by atoms with E-state index in [1.54, 1.807) is 0 Å². The third kappa shape index (κ3) is 3.76. The number of rotatable bonds is 3. The van der Waals surface area contributed by atoms with Crippen molar-refractivity contribution >= 4 is 0 Å². The zero-order valence-electron chi connectivity index (χ0n) is 10.0. The van der Waals surface area contributed by atoms with Crippen LogP contribution >= 0.6 is 0 Å². The minimum Gasteiger partial charge on any atom is -0.381 e. The van der Waals surface area contributed by atoms with E-state index in [0.29, 0.717) is 0 Å². The van der Waals surface area contributed by atoms with Crippen molar-refractivity contribution in [3.63, 3.8) is 0 Å². The van der Waals surface area contributed by atoms with Gasteiger partial charge in [0.1, 0.15) is 0 Å². The molecule has 1 aliphatic carbocycles. The van der Waals surface area contributed by atoms with Gasteiger partial charge < -0.3 is 10.1 Å². The molecule has 0 amide bonds. The van der Waals surface area contributed by atoms with Gasteiger partial charge in [-0.15, -0.1) is 0 Å². The van der Waals surface area contributed by atoms with Crippen LogP contribution in [-0.2, 0) is 4.74 Å². The molecule has 0 spiro atoms. The molecule has 0 bridgehead atoms. The highest BCUT2D eigenvalue weighted by Crippen LogP contribution is 2.27. The van der Waals surface area contributed by atoms with Gasteiger partial charge in [-0.1, -0.05) is 19.8 Å². The van der Waals surface area contributed by atoms with Crippen LogP contribution in [0.1, 0.15) is 45.4 Å². The van der Waals surface area contributed by atoms with Gasteiger partial charge in [0.2, 0.25) is 0 Å². The molecule has 2 aliphatic rings. The smallest absolute Gasteiger partial charge is 0.0480 e. The standard InChI is InChI=1S/C13H25NO/c1-11-2-4-12(5-3-11)10-14-13-6-8-15-9-7-13/h11-14H,2-10H2,1H3. The molecule has 2 nitrogen and oxygen atoms in total. The fourth-order valence-corrected chi connectivity index (χ4v) is 2.77. The summed E-state index contributed by atoms with van der Waals surface area (Å²) in [6.45, 7) is 5.55. The highest BCUT2D eigenvalue weighted by molar-refractivity contribution is 4.75. The van der Waals surface area contributed by atoms with Gasteiger partial charge in [0.05, 0.1) is 0 Å². The quantitative estimate of drug-likeness (QED) is 0.774. The summed E-state index contributed by atoms with van der Waals surface area (Å²) in [6, 6.07) is 0.734. The van der Waals surface area contributed by atoms with E-state index >= 15 is 0 Å². The van der Waals surface area contributed by atoms with Gasteiger partial charge in [-0.25, -0.2) is 0 Å². The Hall–Kier alpha value is -0.0800. The fraction of sp³-hybridized carbons (Fsp3) is 1.00. The SMILES string of the molecule is CC1CCC(CNC2CCOCC2)CC1. The second-order valence-corrected chi connectivity index (χ2v) is 5.42. The molecule has 1 saturated heterocycles. The van der Waals surface area contributed by atoms with Crippen molar-refractivity contribution in [3.8, 4) is 0 Å². The Morgan fingerprint density at radius 3 is 2.33 bits per heavy atom. The lowest BCUT2D eigenvalue weighted by atomic mass is 9.83. The van der Waals surface area contributed by atoms with E-state index in [2.05, 4.69) is 12.2 Å². The van der Waals surface area contributed by atoms with E-state index in [1.807, 2.05) is 0 Å². The van der Waals surface area contributed by atoms with E-state index in [1.165, 1.54) is 45.1 Å². The van der Waals surface area contributed by atoms with Crippen LogP contribution in [-0.4, -0.2) is 25.8 Å². The molecule has 2 fully saturated rings. The summed E-state index contributed by atoms with van der Waals surface area (Å²) < 4.78 is 5.37. The number of ether oxygens (including phenoxy) is 1. The van der Waals surface area contributed by atoms with E-state index in [9.17, 15) is 0 Å². The van der Waals surface area contributed by atoms with Crippen LogP contribution in [0.5, 0.6) is 0 Å². The molecule has 2 heteroatoms. The van der Waals surface area contributed by atoms with Gasteiger partial charge in [0, 0.05) is 19.3 Å². The molecular formula is C13H25NO. The van der Waals surface area contributed by atoms with Crippen LogP contribution in [0.2, 0.25) is 0 Å². The summed E-state index contributed by atoms with van der Waals surface area (Å²) in [5.74, 6) is 1.92. The number of nitrogens with one attached hydrogen (secondary N) is 1. The molecule has 15 heavy (non-hydrogen) atoms. The Balaban J connectivity index is 1.60. The minimum absolute atomic E-state index is 0.734. The lowest BCUT2D eigenvalue weighted by molar-refractivity contribution is 0.0760. The Bertz CT molecular complexity index is 169. The maximum atomic E-state index is 5.37. The Morgan fingerprint density at radius 1 is 1.00 bits per heavy atom. The molecule has 1 N–H and O–H groups in total. The predicted molar refractivity (Wildman–Crippen MR) is 63.0 cm³/mol. The zero-order chi connectivity index (χ0) is 10.5. The van der Waals surface area contributed by atoms with Crippen molar-refractivity contribution in [1.29, 1.82) is 0 Å². The van der Waals surface area contributed by atoms with Crippen LogP contribution in [0.25, 0.3) is 0 Å². The maximum absolute atomic E-state index is 5.37. The first kappa shape index (κ1) is 11.4. The minimum atomic E-state index is 0.734. The molecule has 0 radical (unpaired) electrons. The summed E-state index contributed by atoms with van der Waals surface area (Å²) in [4.78, 5) is 0. The molecule has 2 rings (SSSR count). The second kappa shape index (κ2) is 5.86. The molecule has 0 aromatic heterocycles. The average Bonchev–Trinajstić information content (AvgIpc) is 2.30. The molecule has 0 unspecified atom stereocenters. The summed E-state index contributed by atoms with van der Waals surface area (Å²) in [5, 5.41) is 3.73. The molecular weight excluding hydrogens is 186 g/mol. The van der Waals surface area contributed by atoms with Crippen LogP contribution in [0.4, 0.5) is 0 Å². The summed E-state index contributed by atoms with van der Waals surface area (Å²) in [7, 11) is 0. The van der Waals surface area contributed by atoms with Crippen molar-refractivity contribution in [2.45, 2.75) is 51.5 Å². The predicted octanol–water partition coefficient (Wildman–Crippen LogP) is 2.58. The molecule has 88 valence electrons. The molecule has 1 saturated carbocycles. The Kier molecular flexibility index (Phi) is 4.45. The monoisotopic (exact) mass is 211 g/mol.